The third-order valence-electron chi connectivity index (χ3n) is 6.43. The smallest absolute Gasteiger partial charge is 0.415 e. The van der Waals surface area contributed by atoms with Crippen LogP contribution in [-0.4, -0.2) is 53.2 Å². The van der Waals surface area contributed by atoms with Gasteiger partial charge in [0.2, 0.25) is 0 Å². The first kappa shape index (κ1) is 27.4. The lowest BCUT2D eigenvalue weighted by molar-refractivity contribution is -0.108. The minimum absolute atomic E-state index is 0.170. The van der Waals surface area contributed by atoms with E-state index in [1.165, 1.54) is 6.07 Å². The van der Waals surface area contributed by atoms with Gasteiger partial charge in [-0.1, -0.05) is 68.1 Å². The molecule has 0 bridgehead atoms. The number of rotatable bonds is 7. The zero-order chi connectivity index (χ0) is 25.7. The SMILES string of the molecule is CC(C)(C)C(OCC[Si](C)(C)C)N(C(=O)O)C1=N[C@](C)(c2cc(Br)ccc2F)[C@@H]2C[C@]2(C=O)S1. The first-order valence-electron chi connectivity index (χ1n) is 11.4. The van der Waals surface area contributed by atoms with Gasteiger partial charge in [0, 0.05) is 36.0 Å². The number of hydrogen-bond donors (Lipinski definition) is 1. The molecule has 1 unspecified atom stereocenters. The molecule has 1 heterocycles. The average Bonchev–Trinajstić information content (AvgIpc) is 3.43. The molecule has 0 radical (unpaired) electrons. The number of carbonyl (C=O) groups excluding carboxylic acids is 1. The number of amidine groups is 1. The van der Waals surface area contributed by atoms with Crippen molar-refractivity contribution < 1.29 is 23.8 Å². The molecule has 10 heteroatoms. The highest BCUT2D eigenvalue weighted by Gasteiger charge is 2.68. The van der Waals surface area contributed by atoms with Crippen molar-refractivity contribution >= 4 is 53.3 Å². The highest BCUT2D eigenvalue weighted by molar-refractivity contribution is 9.10. The lowest BCUT2D eigenvalue weighted by Crippen LogP contribution is -2.53. The molecule has 1 aromatic carbocycles. The van der Waals surface area contributed by atoms with Crippen LogP contribution in [0.2, 0.25) is 25.7 Å². The normalized spacial score (nSPS) is 27.4. The number of hydrogen-bond acceptors (Lipinski definition) is 5. The maximum Gasteiger partial charge on any atom is 0.415 e. The minimum atomic E-state index is -1.40. The second-order valence-electron chi connectivity index (χ2n) is 11.7. The Labute approximate surface area is 214 Å². The molecule has 0 spiro atoms. The third kappa shape index (κ3) is 5.44. The fourth-order valence-electron chi connectivity index (χ4n) is 4.38. The van der Waals surface area contributed by atoms with Crippen molar-refractivity contribution in [3.05, 3.63) is 34.1 Å². The second-order valence-corrected chi connectivity index (χ2v) is 19.5. The standard InChI is InChI=1S/C24H34BrFN2O4SSi/c1-22(2,3)19(32-10-11-34(5,6)7)28(21(30)31)20-27-23(4,18-13-24(18,14-29)33-20)16-12-15(25)8-9-17(16)26/h8-9,12,14,18-19H,10-11,13H2,1-7H3,(H,30,31)/t18-,19?,23+,24+/m0/s1. The number of aliphatic imine (C=N–C) groups is 1. The number of amides is 1. The molecule has 4 atom stereocenters. The Hall–Kier alpha value is -1.23. The Bertz CT molecular complexity index is 1010. The summed E-state index contributed by atoms with van der Waals surface area (Å²) in [4.78, 5) is 30.8. The summed E-state index contributed by atoms with van der Waals surface area (Å²) in [5, 5.41) is 10.5. The number of carbonyl (C=O) groups is 2. The first-order chi connectivity index (χ1) is 15.5. The molecular weight excluding hydrogens is 539 g/mol. The van der Waals surface area contributed by atoms with Crippen LogP contribution in [0.3, 0.4) is 0 Å². The van der Waals surface area contributed by atoms with Crippen molar-refractivity contribution in [1.29, 1.82) is 0 Å². The Morgan fingerprint density at radius 1 is 1.44 bits per heavy atom. The molecule has 6 nitrogen and oxygen atoms in total. The highest BCUT2D eigenvalue weighted by Crippen LogP contribution is 2.65. The summed E-state index contributed by atoms with van der Waals surface area (Å²) < 4.78 is 21.1. The minimum Gasteiger partial charge on any atom is -0.465 e. The number of ether oxygens (including phenoxy) is 1. The molecule has 188 valence electrons. The summed E-state index contributed by atoms with van der Waals surface area (Å²) in [6.45, 7) is 14.7. The van der Waals surface area contributed by atoms with Crippen molar-refractivity contribution in [1.82, 2.24) is 4.90 Å². The summed E-state index contributed by atoms with van der Waals surface area (Å²) in [7, 11) is -1.40. The van der Waals surface area contributed by atoms with Gasteiger partial charge in [-0.2, -0.15) is 0 Å². The summed E-state index contributed by atoms with van der Waals surface area (Å²) in [6.07, 6.45) is -0.663. The van der Waals surface area contributed by atoms with E-state index < -0.39 is 41.9 Å². The molecule has 1 aliphatic carbocycles. The van der Waals surface area contributed by atoms with Gasteiger partial charge >= 0.3 is 6.09 Å². The molecule has 1 amide bonds. The predicted octanol–water partition coefficient (Wildman–Crippen LogP) is 6.57. The number of nitrogens with zero attached hydrogens (tertiary/aromatic N) is 2. The van der Waals surface area contributed by atoms with E-state index in [1.54, 1.807) is 19.1 Å². The fourth-order valence-corrected chi connectivity index (χ4v) is 6.99. The van der Waals surface area contributed by atoms with Crippen LogP contribution in [0.5, 0.6) is 0 Å². The molecule has 2 aliphatic rings. The first-order valence-corrected chi connectivity index (χ1v) is 16.7. The number of fused-ring (bicyclic) bond motifs is 1. The third-order valence-corrected chi connectivity index (χ3v) is 10.0. The Kier molecular flexibility index (Phi) is 7.51. The van der Waals surface area contributed by atoms with Gasteiger partial charge in [-0.3, -0.25) is 4.99 Å². The molecule has 1 aliphatic heterocycles. The largest absolute Gasteiger partial charge is 0.465 e. The van der Waals surface area contributed by atoms with Crippen molar-refractivity contribution in [3.63, 3.8) is 0 Å². The molecule has 1 fully saturated rings. The second kappa shape index (κ2) is 9.33. The van der Waals surface area contributed by atoms with Gasteiger partial charge < -0.3 is 14.6 Å². The van der Waals surface area contributed by atoms with Crippen LogP contribution in [0.25, 0.3) is 0 Å². The molecule has 34 heavy (non-hydrogen) atoms. The highest BCUT2D eigenvalue weighted by atomic mass is 79.9. The zero-order valence-electron chi connectivity index (χ0n) is 20.8. The van der Waals surface area contributed by atoms with Crippen LogP contribution in [0, 0.1) is 17.2 Å². The Balaban J connectivity index is 2.09. The molecule has 1 saturated carbocycles. The number of carboxylic acid groups (broad SMARTS) is 1. The van der Waals surface area contributed by atoms with Crippen molar-refractivity contribution in [3.8, 4) is 0 Å². The van der Waals surface area contributed by atoms with Crippen LogP contribution in [0.1, 0.15) is 39.7 Å². The topological polar surface area (TPSA) is 79.2 Å². The fraction of sp³-hybridized carbons (Fsp3) is 0.625. The van der Waals surface area contributed by atoms with Gasteiger partial charge in [-0.05, 0) is 37.6 Å². The molecule has 1 aromatic rings. The van der Waals surface area contributed by atoms with Crippen molar-refractivity contribution in [2.24, 2.45) is 16.3 Å². The monoisotopic (exact) mass is 572 g/mol. The van der Waals surface area contributed by atoms with E-state index in [2.05, 4.69) is 35.6 Å². The van der Waals surface area contributed by atoms with Gasteiger partial charge in [-0.25, -0.2) is 14.1 Å². The van der Waals surface area contributed by atoms with Gasteiger partial charge in [0.1, 0.15) is 18.3 Å². The van der Waals surface area contributed by atoms with E-state index in [1.807, 2.05) is 20.8 Å². The lowest BCUT2D eigenvalue weighted by atomic mass is 9.86. The van der Waals surface area contributed by atoms with E-state index in [0.29, 0.717) is 23.1 Å². The maximum atomic E-state index is 15.0. The van der Waals surface area contributed by atoms with Crippen LogP contribution >= 0.6 is 27.7 Å². The molecular formula is C24H34BrFN2O4SSi. The number of aldehydes is 1. The molecule has 0 aromatic heterocycles. The summed E-state index contributed by atoms with van der Waals surface area (Å²) in [5.74, 6) is -0.667. The van der Waals surface area contributed by atoms with Crippen LogP contribution in [0.15, 0.2) is 27.7 Å². The van der Waals surface area contributed by atoms with E-state index in [0.717, 1.165) is 29.0 Å². The van der Waals surface area contributed by atoms with Gasteiger partial charge in [0.15, 0.2) is 5.17 Å². The quantitative estimate of drug-likeness (QED) is 0.227. The van der Waals surface area contributed by atoms with Crippen LogP contribution in [-0.2, 0) is 15.1 Å². The van der Waals surface area contributed by atoms with Gasteiger partial charge in [0.05, 0.1) is 10.3 Å². The van der Waals surface area contributed by atoms with Gasteiger partial charge in [-0.15, -0.1) is 0 Å². The summed E-state index contributed by atoms with van der Waals surface area (Å²) in [6, 6.07) is 5.51. The van der Waals surface area contributed by atoms with E-state index in [-0.39, 0.29) is 11.1 Å². The number of benzene rings is 1. The zero-order valence-corrected chi connectivity index (χ0v) is 24.2. The molecule has 1 N–H and O–H groups in total. The summed E-state index contributed by atoms with van der Waals surface area (Å²) >= 11 is 4.56. The Morgan fingerprint density at radius 2 is 2.09 bits per heavy atom. The Morgan fingerprint density at radius 3 is 2.62 bits per heavy atom. The number of thioether (sulfide) groups is 1. The predicted molar refractivity (Wildman–Crippen MR) is 141 cm³/mol. The van der Waals surface area contributed by atoms with E-state index in [4.69, 9.17) is 9.73 Å². The van der Waals surface area contributed by atoms with Gasteiger partial charge in [0.25, 0.3) is 0 Å². The van der Waals surface area contributed by atoms with Crippen LogP contribution in [0.4, 0.5) is 9.18 Å². The molecule has 3 rings (SSSR count). The van der Waals surface area contributed by atoms with Crippen molar-refractivity contribution in [2.45, 2.75) is 76.3 Å². The van der Waals surface area contributed by atoms with E-state index in [9.17, 15) is 19.1 Å². The van der Waals surface area contributed by atoms with E-state index >= 15 is 0 Å². The summed E-state index contributed by atoms with van der Waals surface area (Å²) in [5.41, 5.74) is -1.32. The number of halogens is 2. The maximum absolute atomic E-state index is 15.0. The van der Waals surface area contributed by atoms with Crippen LogP contribution < -0.4 is 0 Å². The lowest BCUT2D eigenvalue weighted by Gasteiger charge is -2.42. The molecule has 0 saturated heterocycles. The average molecular weight is 574 g/mol. The van der Waals surface area contributed by atoms with Crippen molar-refractivity contribution in [2.75, 3.05) is 6.61 Å².